The number of fused-ring (bicyclic) bond motifs is 1. The molecule has 9 nitrogen and oxygen atoms in total. The molecule has 2 rings (SSSR count). The molecule has 6 N–H and O–H groups in total. The summed E-state index contributed by atoms with van der Waals surface area (Å²) in [6, 6.07) is 0. The monoisotopic (exact) mass is 296 g/mol. The Morgan fingerprint density at radius 2 is 1.90 bits per heavy atom. The lowest BCUT2D eigenvalue weighted by molar-refractivity contribution is -0.0481. The first-order valence-electron chi connectivity index (χ1n) is 6.72. The lowest BCUT2D eigenvalue weighted by Crippen LogP contribution is -2.24. The molecule has 0 aliphatic carbocycles. The van der Waals surface area contributed by atoms with Crippen LogP contribution in [0.2, 0.25) is 0 Å². The molecule has 2 aromatic heterocycles. The molecule has 2 aromatic rings. The normalized spacial score (nSPS) is 11.6. The lowest BCUT2D eigenvalue weighted by atomic mass is 10.2. The van der Waals surface area contributed by atoms with Crippen molar-refractivity contribution in [1.29, 1.82) is 0 Å². The number of anilines is 2. The van der Waals surface area contributed by atoms with E-state index in [1.165, 1.54) is 4.57 Å². The molecule has 0 atom stereocenters. The quantitative estimate of drug-likeness (QED) is 0.523. The number of aliphatic hydroxyl groups is 2. The van der Waals surface area contributed by atoms with Gasteiger partial charge in [-0.15, -0.1) is 0 Å². The Balaban J connectivity index is 2.37. The van der Waals surface area contributed by atoms with Crippen LogP contribution < -0.4 is 11.5 Å². The summed E-state index contributed by atoms with van der Waals surface area (Å²) in [5.41, 5.74) is 13.4. The van der Waals surface area contributed by atoms with Gasteiger partial charge in [0, 0.05) is 0 Å². The van der Waals surface area contributed by atoms with Gasteiger partial charge in [-0.25, -0.2) is 9.97 Å². The van der Waals surface area contributed by atoms with Crippen molar-refractivity contribution < 1.29 is 14.9 Å². The van der Waals surface area contributed by atoms with Crippen LogP contribution in [0.15, 0.2) is 0 Å². The minimum absolute atomic E-state index is 0.0101. The zero-order valence-corrected chi connectivity index (χ0v) is 11.9. The molecule has 0 bridgehead atoms. The highest BCUT2D eigenvalue weighted by Crippen LogP contribution is 2.21. The van der Waals surface area contributed by atoms with Crippen LogP contribution in [0.4, 0.5) is 11.9 Å². The first-order chi connectivity index (χ1) is 10.1. The molecule has 0 saturated heterocycles. The summed E-state index contributed by atoms with van der Waals surface area (Å²) >= 11 is 0. The van der Waals surface area contributed by atoms with Crippen LogP contribution >= 0.6 is 0 Å². The highest BCUT2D eigenvalue weighted by molar-refractivity contribution is 5.77. The van der Waals surface area contributed by atoms with Crippen LogP contribution in [-0.4, -0.2) is 49.0 Å². The van der Waals surface area contributed by atoms with Gasteiger partial charge in [-0.05, 0) is 6.42 Å². The lowest BCUT2D eigenvalue weighted by Gasteiger charge is -2.13. The molecule has 9 heteroatoms. The van der Waals surface area contributed by atoms with E-state index in [0.717, 1.165) is 18.5 Å². The molecule has 0 amide bonds. The van der Waals surface area contributed by atoms with Crippen LogP contribution in [0.3, 0.4) is 0 Å². The molecule has 2 heterocycles. The van der Waals surface area contributed by atoms with Gasteiger partial charge >= 0.3 is 0 Å². The first kappa shape index (κ1) is 15.4. The molecule has 0 radical (unpaired) electrons. The number of nitrogens with two attached hydrogens (primary N) is 2. The fraction of sp³-hybridized carbons (Fsp3) is 0.583. The van der Waals surface area contributed by atoms with Crippen molar-refractivity contribution in [3.05, 3.63) is 5.69 Å². The largest absolute Gasteiger partial charge is 0.394 e. The molecule has 0 unspecified atom stereocenters. The summed E-state index contributed by atoms with van der Waals surface area (Å²) in [6.45, 7) is 1.46. The van der Waals surface area contributed by atoms with E-state index < -0.39 is 6.10 Å². The van der Waals surface area contributed by atoms with Gasteiger partial charge in [0.2, 0.25) is 11.9 Å². The third-order valence-electron chi connectivity index (χ3n) is 3.05. The van der Waals surface area contributed by atoms with Crippen molar-refractivity contribution in [2.75, 3.05) is 24.7 Å². The number of hydrogen-bond acceptors (Lipinski definition) is 8. The smallest absolute Gasteiger partial charge is 0.222 e. The number of hydrogen-bond donors (Lipinski definition) is 4. The van der Waals surface area contributed by atoms with Gasteiger partial charge in [-0.2, -0.15) is 4.98 Å². The summed E-state index contributed by atoms with van der Waals surface area (Å²) in [4.78, 5) is 12.6. The van der Waals surface area contributed by atoms with E-state index in [1.807, 2.05) is 6.92 Å². The van der Waals surface area contributed by atoms with Crippen LogP contribution in [0.25, 0.3) is 11.2 Å². The zero-order chi connectivity index (χ0) is 15.4. The van der Waals surface area contributed by atoms with E-state index in [2.05, 4.69) is 15.0 Å². The Morgan fingerprint density at radius 1 is 1.19 bits per heavy atom. The number of nitrogen functional groups attached to an aromatic ring is 2. The third kappa shape index (κ3) is 3.20. The van der Waals surface area contributed by atoms with Crippen LogP contribution in [0.5, 0.6) is 0 Å². The molecule has 0 aromatic carbocycles. The molecular weight excluding hydrogens is 276 g/mol. The van der Waals surface area contributed by atoms with Gasteiger partial charge in [-0.1, -0.05) is 13.3 Å². The maximum Gasteiger partial charge on any atom is 0.222 e. The number of aromatic nitrogens is 4. The standard InChI is InChI=1S/C12H20N6O3/c1-2-3-8-9-10(17-11(13)15-8)18(12(14)16-9)6-21-7(4-19)5-20/h7,19-20H,2-6H2,1H3,(H2,14,16)(H2,13,15,17). The van der Waals surface area contributed by atoms with E-state index in [4.69, 9.17) is 26.4 Å². The second-order valence-electron chi connectivity index (χ2n) is 4.63. The van der Waals surface area contributed by atoms with Gasteiger partial charge in [0.1, 0.15) is 18.4 Å². The number of aliphatic hydroxyl groups excluding tert-OH is 2. The molecule has 0 fully saturated rings. The minimum atomic E-state index is -0.684. The second kappa shape index (κ2) is 6.66. The van der Waals surface area contributed by atoms with Gasteiger partial charge in [-0.3, -0.25) is 4.57 Å². The van der Waals surface area contributed by atoms with Crippen molar-refractivity contribution >= 4 is 23.1 Å². The number of nitrogens with zero attached hydrogens (tertiary/aromatic N) is 4. The number of aryl methyl sites for hydroxylation is 1. The number of rotatable bonds is 7. The van der Waals surface area contributed by atoms with E-state index in [-0.39, 0.29) is 31.8 Å². The van der Waals surface area contributed by atoms with Crippen molar-refractivity contribution in [3.8, 4) is 0 Å². The molecule has 0 aliphatic heterocycles. The predicted octanol–water partition coefficient (Wildman–Crippen LogP) is -0.729. The van der Waals surface area contributed by atoms with Crippen LogP contribution in [0.1, 0.15) is 19.0 Å². The maximum atomic E-state index is 9.01. The average Bonchev–Trinajstić information content (AvgIpc) is 2.77. The molecular formula is C12H20N6O3. The average molecular weight is 296 g/mol. The van der Waals surface area contributed by atoms with Crippen molar-refractivity contribution in [2.24, 2.45) is 0 Å². The van der Waals surface area contributed by atoms with Crippen LogP contribution in [0, 0.1) is 0 Å². The Labute approximate surface area is 121 Å². The topological polar surface area (TPSA) is 145 Å². The Morgan fingerprint density at radius 3 is 2.52 bits per heavy atom. The predicted molar refractivity (Wildman–Crippen MR) is 77.2 cm³/mol. The summed E-state index contributed by atoms with van der Waals surface area (Å²) < 4.78 is 6.89. The Kier molecular flexibility index (Phi) is 4.89. The molecule has 0 saturated carbocycles. The second-order valence-corrected chi connectivity index (χ2v) is 4.63. The van der Waals surface area contributed by atoms with Gasteiger partial charge in [0.05, 0.1) is 18.9 Å². The summed E-state index contributed by atoms with van der Waals surface area (Å²) in [5, 5.41) is 18.0. The van der Waals surface area contributed by atoms with Gasteiger partial charge < -0.3 is 26.4 Å². The Bertz CT molecular complexity index is 611. The summed E-state index contributed by atoms with van der Waals surface area (Å²) in [7, 11) is 0. The van der Waals surface area contributed by atoms with E-state index in [0.29, 0.717) is 11.2 Å². The van der Waals surface area contributed by atoms with Gasteiger partial charge in [0.15, 0.2) is 5.65 Å². The SMILES string of the molecule is CCCc1nc(N)nc2c1nc(N)n2COC(CO)CO. The molecule has 0 aliphatic rings. The molecule has 21 heavy (non-hydrogen) atoms. The molecule has 116 valence electrons. The molecule has 0 spiro atoms. The van der Waals surface area contributed by atoms with Crippen LogP contribution in [-0.2, 0) is 17.9 Å². The van der Waals surface area contributed by atoms with Gasteiger partial charge in [0.25, 0.3) is 0 Å². The van der Waals surface area contributed by atoms with E-state index >= 15 is 0 Å². The zero-order valence-electron chi connectivity index (χ0n) is 11.9. The highest BCUT2D eigenvalue weighted by atomic mass is 16.5. The maximum absolute atomic E-state index is 9.01. The van der Waals surface area contributed by atoms with Crippen molar-refractivity contribution in [2.45, 2.75) is 32.6 Å². The minimum Gasteiger partial charge on any atom is -0.394 e. The fourth-order valence-electron chi connectivity index (χ4n) is 1.97. The first-order valence-corrected chi connectivity index (χ1v) is 6.72. The van der Waals surface area contributed by atoms with E-state index in [9.17, 15) is 0 Å². The fourth-order valence-corrected chi connectivity index (χ4v) is 1.97. The summed E-state index contributed by atoms with van der Waals surface area (Å²) in [6.07, 6.45) is 0.929. The van der Waals surface area contributed by atoms with Crippen molar-refractivity contribution in [1.82, 2.24) is 19.5 Å². The van der Waals surface area contributed by atoms with Crippen molar-refractivity contribution in [3.63, 3.8) is 0 Å². The highest BCUT2D eigenvalue weighted by Gasteiger charge is 2.16. The third-order valence-corrected chi connectivity index (χ3v) is 3.05. The Hall–Kier alpha value is -1.97. The number of ether oxygens (including phenoxy) is 1. The number of imidazole rings is 1. The summed E-state index contributed by atoms with van der Waals surface area (Å²) in [5.74, 6) is 0.366. The van der Waals surface area contributed by atoms with E-state index in [1.54, 1.807) is 0 Å².